The quantitative estimate of drug-likeness (QED) is 0.592. The van der Waals surface area contributed by atoms with E-state index in [4.69, 9.17) is 10.5 Å². The van der Waals surface area contributed by atoms with Gasteiger partial charge in [-0.1, -0.05) is 18.2 Å². The van der Waals surface area contributed by atoms with Crippen molar-refractivity contribution in [1.82, 2.24) is 4.31 Å². The summed E-state index contributed by atoms with van der Waals surface area (Å²) in [4.78, 5) is 4.05. The molecule has 0 saturated carbocycles. The molecule has 1 aliphatic heterocycles. The van der Waals surface area contributed by atoms with Crippen molar-refractivity contribution >= 4 is 21.7 Å². The van der Waals surface area contributed by atoms with E-state index >= 15 is 0 Å². The van der Waals surface area contributed by atoms with E-state index in [-0.39, 0.29) is 18.3 Å². The number of nitrogens with two attached hydrogens (primary N) is 1. The van der Waals surface area contributed by atoms with Crippen molar-refractivity contribution < 1.29 is 13.2 Å². The normalized spacial score (nSPS) is 17.6. The van der Waals surface area contributed by atoms with E-state index in [2.05, 4.69) is 10.3 Å². The first kappa shape index (κ1) is 15.7. The number of nitrogens with zero attached hydrogens (tertiary/aromatic N) is 2. The maximum atomic E-state index is 12.1. The Morgan fingerprint density at radius 1 is 1.29 bits per heavy atom. The summed E-state index contributed by atoms with van der Waals surface area (Å²) in [6.07, 6.45) is 0. The van der Waals surface area contributed by atoms with Gasteiger partial charge in [0.05, 0.1) is 25.5 Å². The molecule has 1 heterocycles. The van der Waals surface area contributed by atoms with Gasteiger partial charge >= 0.3 is 0 Å². The van der Waals surface area contributed by atoms with Crippen molar-refractivity contribution in [1.29, 1.82) is 0 Å². The summed E-state index contributed by atoms with van der Waals surface area (Å²) in [5.41, 5.74) is 6.54. The highest BCUT2D eigenvalue weighted by Crippen LogP contribution is 2.06. The van der Waals surface area contributed by atoms with E-state index in [0.717, 1.165) is 5.69 Å². The molecule has 8 heteroatoms. The number of hydrogen-bond acceptors (Lipinski definition) is 4. The SMILES string of the molecule is NC(=NCCS(=O)(=O)N1CCOCC1)Nc1ccccc1. The molecule has 0 spiro atoms. The van der Waals surface area contributed by atoms with Gasteiger partial charge in [-0.3, -0.25) is 4.99 Å². The van der Waals surface area contributed by atoms with Crippen LogP contribution in [0, 0.1) is 0 Å². The van der Waals surface area contributed by atoms with Crippen LogP contribution in [0.15, 0.2) is 35.3 Å². The topological polar surface area (TPSA) is 97.0 Å². The molecule has 0 amide bonds. The molecule has 0 radical (unpaired) electrons. The summed E-state index contributed by atoms with van der Waals surface area (Å²) in [6, 6.07) is 9.35. The standard InChI is InChI=1S/C13H20N4O3S/c14-13(16-12-4-2-1-3-5-12)15-6-11-21(18,19)17-7-9-20-10-8-17/h1-5H,6-11H2,(H3,14,15,16). The van der Waals surface area contributed by atoms with Crippen LogP contribution in [0.4, 0.5) is 5.69 Å². The van der Waals surface area contributed by atoms with E-state index in [0.29, 0.717) is 26.3 Å². The monoisotopic (exact) mass is 312 g/mol. The zero-order valence-electron chi connectivity index (χ0n) is 11.7. The number of nitrogens with one attached hydrogen (secondary N) is 1. The van der Waals surface area contributed by atoms with Crippen molar-refractivity contribution in [2.24, 2.45) is 10.7 Å². The minimum atomic E-state index is -3.29. The highest BCUT2D eigenvalue weighted by molar-refractivity contribution is 7.89. The van der Waals surface area contributed by atoms with E-state index in [1.165, 1.54) is 4.31 Å². The summed E-state index contributed by atoms with van der Waals surface area (Å²) in [7, 11) is -3.29. The third-order valence-corrected chi connectivity index (χ3v) is 4.89. The van der Waals surface area contributed by atoms with Crippen molar-refractivity contribution in [3.05, 3.63) is 30.3 Å². The molecule has 0 aromatic heterocycles. The Morgan fingerprint density at radius 2 is 1.95 bits per heavy atom. The van der Waals surface area contributed by atoms with Crippen LogP contribution in [0.2, 0.25) is 0 Å². The molecule has 116 valence electrons. The van der Waals surface area contributed by atoms with Crippen LogP contribution < -0.4 is 11.1 Å². The molecule has 7 nitrogen and oxygen atoms in total. The van der Waals surface area contributed by atoms with Gasteiger partial charge < -0.3 is 15.8 Å². The first-order valence-corrected chi connectivity index (χ1v) is 8.36. The number of aliphatic imine (C=N–C) groups is 1. The Morgan fingerprint density at radius 3 is 2.62 bits per heavy atom. The number of para-hydroxylation sites is 1. The lowest BCUT2D eigenvalue weighted by molar-refractivity contribution is 0.0731. The number of sulfonamides is 1. The summed E-state index contributed by atoms with van der Waals surface area (Å²) in [5.74, 6) is 0.155. The summed E-state index contributed by atoms with van der Waals surface area (Å²) >= 11 is 0. The third kappa shape index (κ3) is 5.00. The van der Waals surface area contributed by atoms with Gasteiger partial charge in [0.1, 0.15) is 0 Å². The zero-order valence-corrected chi connectivity index (χ0v) is 12.6. The molecular weight excluding hydrogens is 292 g/mol. The second-order valence-electron chi connectivity index (χ2n) is 4.59. The van der Waals surface area contributed by atoms with E-state index in [9.17, 15) is 8.42 Å². The van der Waals surface area contributed by atoms with Crippen molar-refractivity contribution in [2.75, 3.05) is 43.9 Å². The molecule has 1 aliphatic rings. The highest BCUT2D eigenvalue weighted by atomic mass is 32.2. The van der Waals surface area contributed by atoms with Gasteiger partial charge in [0, 0.05) is 18.8 Å². The van der Waals surface area contributed by atoms with Gasteiger partial charge in [-0.15, -0.1) is 0 Å². The second kappa shape index (κ2) is 7.39. The van der Waals surface area contributed by atoms with Crippen LogP contribution in [-0.2, 0) is 14.8 Å². The number of hydrogen-bond donors (Lipinski definition) is 2. The molecule has 1 aromatic carbocycles. The lowest BCUT2D eigenvalue weighted by Gasteiger charge is -2.25. The average Bonchev–Trinajstić information content (AvgIpc) is 2.49. The first-order chi connectivity index (χ1) is 10.1. The summed E-state index contributed by atoms with van der Waals surface area (Å²) in [6.45, 7) is 1.83. The predicted octanol–water partition coefficient (Wildman–Crippen LogP) is 0.0752. The molecule has 1 saturated heterocycles. The van der Waals surface area contributed by atoms with E-state index < -0.39 is 10.0 Å². The van der Waals surface area contributed by atoms with Gasteiger partial charge in [0.2, 0.25) is 10.0 Å². The van der Waals surface area contributed by atoms with Gasteiger partial charge in [-0.25, -0.2) is 8.42 Å². The maximum absolute atomic E-state index is 12.1. The molecule has 0 atom stereocenters. The molecule has 0 aliphatic carbocycles. The molecule has 0 unspecified atom stereocenters. The Kier molecular flexibility index (Phi) is 5.54. The summed E-state index contributed by atoms with van der Waals surface area (Å²) in [5, 5.41) is 2.91. The number of ether oxygens (including phenoxy) is 1. The Bertz CT molecular complexity index is 568. The fourth-order valence-corrected chi connectivity index (χ4v) is 3.23. The lowest BCUT2D eigenvalue weighted by atomic mass is 10.3. The Hall–Kier alpha value is -1.64. The Balaban J connectivity index is 1.83. The van der Waals surface area contributed by atoms with Crippen LogP contribution in [-0.4, -0.2) is 57.3 Å². The van der Waals surface area contributed by atoms with Gasteiger partial charge in [-0.2, -0.15) is 4.31 Å². The van der Waals surface area contributed by atoms with Gasteiger partial charge in [-0.05, 0) is 12.1 Å². The van der Waals surface area contributed by atoms with Crippen LogP contribution in [0.5, 0.6) is 0 Å². The van der Waals surface area contributed by atoms with Crippen molar-refractivity contribution in [3.8, 4) is 0 Å². The van der Waals surface area contributed by atoms with Crippen LogP contribution >= 0.6 is 0 Å². The number of morpholine rings is 1. The van der Waals surface area contributed by atoms with Gasteiger partial charge in [0.15, 0.2) is 5.96 Å². The zero-order chi connectivity index (χ0) is 15.1. The van der Waals surface area contributed by atoms with Crippen LogP contribution in [0.1, 0.15) is 0 Å². The number of guanidine groups is 1. The fourth-order valence-electron chi connectivity index (χ4n) is 1.94. The largest absolute Gasteiger partial charge is 0.379 e. The molecule has 2 rings (SSSR count). The van der Waals surface area contributed by atoms with Gasteiger partial charge in [0.25, 0.3) is 0 Å². The fraction of sp³-hybridized carbons (Fsp3) is 0.462. The third-order valence-electron chi connectivity index (χ3n) is 3.04. The molecule has 1 fully saturated rings. The van der Waals surface area contributed by atoms with Crippen molar-refractivity contribution in [2.45, 2.75) is 0 Å². The minimum absolute atomic E-state index is 0.0514. The average molecular weight is 312 g/mol. The molecule has 21 heavy (non-hydrogen) atoms. The molecule has 0 bridgehead atoms. The first-order valence-electron chi connectivity index (χ1n) is 6.75. The van der Waals surface area contributed by atoms with Crippen LogP contribution in [0.3, 0.4) is 0 Å². The lowest BCUT2D eigenvalue weighted by Crippen LogP contribution is -2.42. The molecule has 3 N–H and O–H groups in total. The number of anilines is 1. The maximum Gasteiger partial charge on any atom is 0.216 e. The molecule has 1 aromatic rings. The summed E-state index contributed by atoms with van der Waals surface area (Å²) < 4.78 is 30.7. The van der Waals surface area contributed by atoms with Crippen molar-refractivity contribution in [3.63, 3.8) is 0 Å². The minimum Gasteiger partial charge on any atom is -0.379 e. The predicted molar refractivity (Wildman–Crippen MR) is 82.7 cm³/mol. The van der Waals surface area contributed by atoms with Crippen LogP contribution in [0.25, 0.3) is 0 Å². The highest BCUT2D eigenvalue weighted by Gasteiger charge is 2.23. The van der Waals surface area contributed by atoms with E-state index in [1.807, 2.05) is 30.3 Å². The smallest absolute Gasteiger partial charge is 0.216 e. The second-order valence-corrected chi connectivity index (χ2v) is 6.67. The molecular formula is C13H20N4O3S. The number of rotatable bonds is 5. The number of benzene rings is 1. The van der Waals surface area contributed by atoms with E-state index in [1.54, 1.807) is 0 Å². The Labute approximate surface area is 124 Å².